The molecule has 4 N–H and O–H groups in total. The number of ether oxygens (including phenoxy) is 1. The lowest BCUT2D eigenvalue weighted by Crippen LogP contribution is -2.08. The molecule has 0 fully saturated rings. The fourth-order valence-corrected chi connectivity index (χ4v) is 1.53. The highest BCUT2D eigenvalue weighted by molar-refractivity contribution is 5.47. The van der Waals surface area contributed by atoms with Crippen molar-refractivity contribution in [3.63, 3.8) is 0 Å². The molecule has 2 rings (SSSR count). The van der Waals surface area contributed by atoms with E-state index in [0.717, 1.165) is 18.0 Å². The second-order valence-electron chi connectivity index (χ2n) is 3.78. The maximum atomic E-state index is 5.25. The molecule has 0 aliphatic carbocycles. The first-order valence-electron chi connectivity index (χ1n) is 5.61. The van der Waals surface area contributed by atoms with Crippen molar-refractivity contribution in [3.05, 3.63) is 48.2 Å². The standard InChI is InChI=1S/C13H16N4O/c1-18-12-5-2-10(3-6-12)8-15-11-4-7-13(17-14)16-9-11/h2-7,9,15H,8,14H2,1H3,(H,16,17). The summed E-state index contributed by atoms with van der Waals surface area (Å²) < 4.78 is 5.11. The van der Waals surface area contributed by atoms with Crippen molar-refractivity contribution in [2.24, 2.45) is 5.84 Å². The Morgan fingerprint density at radius 2 is 1.94 bits per heavy atom. The lowest BCUT2D eigenvalue weighted by Gasteiger charge is -2.07. The van der Waals surface area contributed by atoms with E-state index in [2.05, 4.69) is 15.7 Å². The van der Waals surface area contributed by atoms with E-state index in [-0.39, 0.29) is 0 Å². The SMILES string of the molecule is COc1ccc(CNc2ccc(NN)nc2)cc1. The van der Waals surface area contributed by atoms with Gasteiger partial charge in [0.15, 0.2) is 0 Å². The highest BCUT2D eigenvalue weighted by Crippen LogP contribution is 2.14. The summed E-state index contributed by atoms with van der Waals surface area (Å²) in [6.45, 7) is 0.737. The summed E-state index contributed by atoms with van der Waals surface area (Å²) in [7, 11) is 1.66. The minimum absolute atomic E-state index is 0.644. The van der Waals surface area contributed by atoms with Gasteiger partial charge in [-0.05, 0) is 29.8 Å². The zero-order chi connectivity index (χ0) is 12.8. The Hall–Kier alpha value is -2.27. The topological polar surface area (TPSA) is 72.2 Å². The zero-order valence-electron chi connectivity index (χ0n) is 10.2. The molecule has 0 spiro atoms. The Morgan fingerprint density at radius 1 is 1.17 bits per heavy atom. The molecule has 1 heterocycles. The van der Waals surface area contributed by atoms with Crippen LogP contribution in [-0.2, 0) is 6.54 Å². The molecule has 18 heavy (non-hydrogen) atoms. The molecule has 94 valence electrons. The van der Waals surface area contributed by atoms with Crippen molar-refractivity contribution in [3.8, 4) is 5.75 Å². The van der Waals surface area contributed by atoms with Crippen LogP contribution in [0.4, 0.5) is 11.5 Å². The summed E-state index contributed by atoms with van der Waals surface area (Å²) in [5, 5.41) is 3.28. The highest BCUT2D eigenvalue weighted by atomic mass is 16.5. The lowest BCUT2D eigenvalue weighted by atomic mass is 10.2. The molecular weight excluding hydrogens is 228 g/mol. The average Bonchev–Trinajstić information content (AvgIpc) is 2.46. The van der Waals surface area contributed by atoms with E-state index in [0.29, 0.717) is 5.82 Å². The predicted molar refractivity (Wildman–Crippen MR) is 72.4 cm³/mol. The summed E-state index contributed by atoms with van der Waals surface area (Å²) in [6.07, 6.45) is 1.73. The number of nitrogens with two attached hydrogens (primary N) is 1. The van der Waals surface area contributed by atoms with E-state index in [1.165, 1.54) is 5.56 Å². The molecule has 5 nitrogen and oxygen atoms in total. The van der Waals surface area contributed by atoms with E-state index >= 15 is 0 Å². The van der Waals surface area contributed by atoms with Gasteiger partial charge < -0.3 is 15.5 Å². The number of rotatable bonds is 5. The minimum atomic E-state index is 0.644. The second kappa shape index (κ2) is 5.88. The number of hydrogen-bond donors (Lipinski definition) is 3. The molecule has 0 radical (unpaired) electrons. The highest BCUT2D eigenvalue weighted by Gasteiger charge is 1.96. The first-order chi connectivity index (χ1) is 8.81. The first-order valence-corrected chi connectivity index (χ1v) is 5.61. The van der Waals surface area contributed by atoms with Gasteiger partial charge in [-0.15, -0.1) is 0 Å². The summed E-state index contributed by atoms with van der Waals surface area (Å²) in [4.78, 5) is 4.12. The third kappa shape index (κ3) is 3.11. The van der Waals surface area contributed by atoms with Gasteiger partial charge in [-0.25, -0.2) is 10.8 Å². The van der Waals surface area contributed by atoms with Crippen molar-refractivity contribution in [2.75, 3.05) is 17.9 Å². The molecule has 0 saturated carbocycles. The van der Waals surface area contributed by atoms with Gasteiger partial charge >= 0.3 is 0 Å². The largest absolute Gasteiger partial charge is 0.497 e. The van der Waals surface area contributed by atoms with Crippen LogP contribution in [0, 0.1) is 0 Å². The Morgan fingerprint density at radius 3 is 2.50 bits per heavy atom. The zero-order valence-corrected chi connectivity index (χ0v) is 10.2. The van der Waals surface area contributed by atoms with Crippen LogP contribution in [0.15, 0.2) is 42.6 Å². The number of pyridine rings is 1. The molecule has 0 atom stereocenters. The maximum absolute atomic E-state index is 5.25. The minimum Gasteiger partial charge on any atom is -0.497 e. The molecule has 5 heteroatoms. The van der Waals surface area contributed by atoms with Crippen molar-refractivity contribution in [1.82, 2.24) is 4.98 Å². The third-order valence-corrected chi connectivity index (χ3v) is 2.57. The van der Waals surface area contributed by atoms with Crippen LogP contribution in [-0.4, -0.2) is 12.1 Å². The molecular formula is C13H16N4O. The number of nitrogen functional groups attached to an aromatic ring is 1. The lowest BCUT2D eigenvalue weighted by molar-refractivity contribution is 0.414. The first kappa shape index (κ1) is 12.2. The molecule has 0 saturated heterocycles. The average molecular weight is 244 g/mol. The summed E-state index contributed by atoms with van der Waals surface area (Å²) >= 11 is 0. The van der Waals surface area contributed by atoms with E-state index < -0.39 is 0 Å². The van der Waals surface area contributed by atoms with E-state index in [4.69, 9.17) is 10.6 Å². The van der Waals surface area contributed by atoms with Gasteiger partial charge in [0.05, 0.1) is 19.0 Å². The third-order valence-electron chi connectivity index (χ3n) is 2.57. The molecule has 0 aliphatic rings. The number of aromatic nitrogens is 1. The van der Waals surface area contributed by atoms with Gasteiger partial charge in [0, 0.05) is 6.54 Å². The van der Waals surface area contributed by atoms with Crippen LogP contribution in [0.2, 0.25) is 0 Å². The summed E-state index contributed by atoms with van der Waals surface area (Å²) in [5.74, 6) is 6.75. The number of hydrogen-bond acceptors (Lipinski definition) is 5. The summed E-state index contributed by atoms with van der Waals surface area (Å²) in [5.41, 5.74) is 4.61. The maximum Gasteiger partial charge on any atom is 0.140 e. The van der Waals surface area contributed by atoms with E-state index in [1.807, 2.05) is 36.4 Å². The van der Waals surface area contributed by atoms with Crippen molar-refractivity contribution in [2.45, 2.75) is 6.54 Å². The van der Waals surface area contributed by atoms with Crippen molar-refractivity contribution < 1.29 is 4.74 Å². The second-order valence-corrected chi connectivity index (χ2v) is 3.78. The summed E-state index contributed by atoms with van der Waals surface area (Å²) in [6, 6.07) is 11.7. The molecule has 0 aliphatic heterocycles. The number of nitrogens with one attached hydrogen (secondary N) is 2. The normalized spacial score (nSPS) is 9.89. The fraction of sp³-hybridized carbons (Fsp3) is 0.154. The Kier molecular flexibility index (Phi) is 3.98. The van der Waals surface area contributed by atoms with E-state index in [1.54, 1.807) is 13.3 Å². The smallest absolute Gasteiger partial charge is 0.140 e. The van der Waals surface area contributed by atoms with Crippen LogP contribution in [0.25, 0.3) is 0 Å². The van der Waals surface area contributed by atoms with Gasteiger partial charge in [-0.2, -0.15) is 0 Å². The molecule has 2 aromatic rings. The van der Waals surface area contributed by atoms with E-state index in [9.17, 15) is 0 Å². The van der Waals surface area contributed by atoms with Crippen molar-refractivity contribution in [1.29, 1.82) is 0 Å². The number of hydrazine groups is 1. The Labute approximate surface area is 106 Å². The number of nitrogens with zero attached hydrogens (tertiary/aromatic N) is 1. The quantitative estimate of drug-likeness (QED) is 0.554. The number of anilines is 2. The predicted octanol–water partition coefficient (Wildman–Crippen LogP) is 1.99. The Bertz CT molecular complexity index is 434. The molecule has 0 bridgehead atoms. The van der Waals surface area contributed by atoms with Gasteiger partial charge in [0.25, 0.3) is 0 Å². The van der Waals surface area contributed by atoms with Crippen LogP contribution in [0.3, 0.4) is 0 Å². The van der Waals surface area contributed by atoms with Crippen LogP contribution in [0.1, 0.15) is 5.56 Å². The van der Waals surface area contributed by atoms with Gasteiger partial charge in [-0.1, -0.05) is 12.1 Å². The van der Waals surface area contributed by atoms with Gasteiger partial charge in [0.1, 0.15) is 11.6 Å². The molecule has 0 unspecified atom stereocenters. The Balaban J connectivity index is 1.93. The molecule has 1 aromatic carbocycles. The van der Waals surface area contributed by atoms with Crippen LogP contribution in [0.5, 0.6) is 5.75 Å². The van der Waals surface area contributed by atoms with Crippen LogP contribution >= 0.6 is 0 Å². The van der Waals surface area contributed by atoms with Gasteiger partial charge in [-0.3, -0.25) is 0 Å². The van der Waals surface area contributed by atoms with Crippen LogP contribution < -0.4 is 21.3 Å². The number of benzene rings is 1. The monoisotopic (exact) mass is 244 g/mol. The molecule has 1 aromatic heterocycles. The molecule has 0 amide bonds. The number of methoxy groups -OCH3 is 1. The van der Waals surface area contributed by atoms with Gasteiger partial charge in [0.2, 0.25) is 0 Å². The fourth-order valence-electron chi connectivity index (χ4n) is 1.53. The van der Waals surface area contributed by atoms with Crippen molar-refractivity contribution >= 4 is 11.5 Å².